The highest BCUT2D eigenvalue weighted by molar-refractivity contribution is 14.0. The molecule has 0 bridgehead atoms. The molecule has 1 aliphatic carbocycles. The molecule has 1 atom stereocenters. The molecule has 4 aromatic carbocycles. The lowest BCUT2D eigenvalue weighted by molar-refractivity contribution is -0.136. The third-order valence-corrected chi connectivity index (χ3v) is 9.50. The highest BCUT2D eigenvalue weighted by Crippen LogP contribution is 2.37. The molecule has 9 heteroatoms. The molecule has 264 valence electrons. The van der Waals surface area contributed by atoms with Crippen LogP contribution in [-0.4, -0.2) is 55.3 Å². The molecule has 0 spiro atoms. The molecule has 0 radical (unpaired) electrons. The van der Waals surface area contributed by atoms with Crippen LogP contribution in [0.1, 0.15) is 65.5 Å². The van der Waals surface area contributed by atoms with Crippen LogP contribution in [0.25, 0.3) is 0 Å². The van der Waals surface area contributed by atoms with Crippen LogP contribution in [0.4, 0.5) is 5.69 Å². The van der Waals surface area contributed by atoms with Crippen molar-refractivity contribution in [3.8, 4) is 0 Å². The molecule has 0 aromatic heterocycles. The van der Waals surface area contributed by atoms with Gasteiger partial charge in [0.15, 0.2) is 5.96 Å². The molecule has 0 aliphatic heterocycles. The van der Waals surface area contributed by atoms with Crippen molar-refractivity contribution in [1.29, 1.82) is 0 Å². The van der Waals surface area contributed by atoms with E-state index in [1.54, 1.807) is 11.9 Å². The van der Waals surface area contributed by atoms with E-state index in [0.717, 1.165) is 48.1 Å². The minimum absolute atomic E-state index is 0. The number of halogens is 1. The highest BCUT2D eigenvalue weighted by atomic mass is 127. The van der Waals surface area contributed by atoms with Gasteiger partial charge >= 0.3 is 0 Å². The van der Waals surface area contributed by atoms with Crippen molar-refractivity contribution in [1.82, 2.24) is 15.1 Å². The van der Waals surface area contributed by atoms with Gasteiger partial charge < -0.3 is 26.6 Å². The molecule has 5 rings (SSSR count). The van der Waals surface area contributed by atoms with Crippen molar-refractivity contribution in [3.05, 3.63) is 137 Å². The van der Waals surface area contributed by atoms with Gasteiger partial charge in [-0.05, 0) is 80.3 Å². The van der Waals surface area contributed by atoms with Gasteiger partial charge in [-0.25, -0.2) is 4.99 Å². The van der Waals surface area contributed by atoms with Crippen molar-refractivity contribution in [2.75, 3.05) is 27.7 Å². The topological polar surface area (TPSA) is 117 Å². The van der Waals surface area contributed by atoms with Gasteiger partial charge in [0.25, 0.3) is 0 Å². The summed E-state index contributed by atoms with van der Waals surface area (Å²) >= 11 is 0. The number of nitrogens with zero attached hydrogens (tertiary/aromatic N) is 3. The fraction of sp³-hybridized carbons (Fsp3) is 0.341. The number of para-hydroxylation sites is 1. The molecular weight excluding hydrogens is 735 g/mol. The second kappa shape index (κ2) is 18.7. The molecule has 50 heavy (non-hydrogen) atoms. The summed E-state index contributed by atoms with van der Waals surface area (Å²) in [6.07, 6.45) is 5.40. The first kappa shape index (κ1) is 38.6. The maximum absolute atomic E-state index is 14.5. The predicted molar refractivity (Wildman–Crippen MR) is 214 cm³/mol. The Morgan fingerprint density at radius 1 is 0.760 bits per heavy atom. The van der Waals surface area contributed by atoms with Crippen molar-refractivity contribution in [2.24, 2.45) is 28.3 Å². The zero-order valence-corrected chi connectivity index (χ0v) is 31.7. The van der Waals surface area contributed by atoms with E-state index < -0.39 is 12.0 Å². The average Bonchev–Trinajstić information content (AvgIpc) is 3.09. The summed E-state index contributed by atoms with van der Waals surface area (Å²) in [7, 11) is 6.03. The Bertz CT molecular complexity index is 1650. The van der Waals surface area contributed by atoms with Crippen LogP contribution in [0.5, 0.6) is 0 Å². The highest BCUT2D eigenvalue weighted by Gasteiger charge is 2.33. The largest absolute Gasteiger partial charge is 0.370 e. The van der Waals surface area contributed by atoms with E-state index in [2.05, 4.69) is 29.3 Å². The van der Waals surface area contributed by atoms with Crippen molar-refractivity contribution in [3.63, 3.8) is 0 Å². The average molecular weight is 787 g/mol. The second-order valence-electron chi connectivity index (χ2n) is 13.6. The number of amides is 2. The number of nitrogens with one attached hydrogen (secondary N) is 1. The molecule has 1 saturated carbocycles. The van der Waals surface area contributed by atoms with Gasteiger partial charge in [-0.2, -0.15) is 0 Å². The minimum atomic E-state index is -1.04. The molecule has 4 aromatic rings. The van der Waals surface area contributed by atoms with Gasteiger partial charge in [0, 0.05) is 25.7 Å². The monoisotopic (exact) mass is 786 g/mol. The summed E-state index contributed by atoms with van der Waals surface area (Å²) in [5, 5.41) is 3.18. The number of aliphatic imine (C=N–C) groups is 1. The smallest absolute Gasteiger partial charge is 0.249 e. The zero-order chi connectivity index (χ0) is 34.8. The molecule has 1 unspecified atom stereocenters. The number of carbonyl (C=O) groups excluding carboxylic acids is 2. The van der Waals surface area contributed by atoms with E-state index in [9.17, 15) is 9.59 Å². The molecule has 1 fully saturated rings. The Kier molecular flexibility index (Phi) is 14.4. The van der Waals surface area contributed by atoms with Crippen LogP contribution in [-0.2, 0) is 22.6 Å². The van der Waals surface area contributed by atoms with Crippen LogP contribution in [0.15, 0.2) is 114 Å². The molecule has 1 aliphatic rings. The number of guanidine groups is 1. The number of benzene rings is 4. The van der Waals surface area contributed by atoms with Crippen LogP contribution in [0.3, 0.4) is 0 Å². The maximum atomic E-state index is 14.5. The number of rotatable bonds is 13. The fourth-order valence-corrected chi connectivity index (χ4v) is 7.16. The number of carbonyl (C=O) groups is 2. The molecule has 0 saturated heterocycles. The minimum Gasteiger partial charge on any atom is -0.370 e. The van der Waals surface area contributed by atoms with Crippen LogP contribution >= 0.6 is 24.0 Å². The van der Waals surface area contributed by atoms with Crippen molar-refractivity contribution < 1.29 is 9.59 Å². The van der Waals surface area contributed by atoms with Crippen molar-refractivity contribution >= 4 is 47.4 Å². The van der Waals surface area contributed by atoms with E-state index in [1.165, 1.54) is 12.8 Å². The zero-order valence-electron chi connectivity index (χ0n) is 29.4. The number of likely N-dealkylation sites (N-methyl/N-ethyl adjacent to an activating group) is 1. The number of hydrogen-bond donors (Lipinski definition) is 3. The van der Waals surface area contributed by atoms with Crippen LogP contribution in [0.2, 0.25) is 0 Å². The first-order valence-electron chi connectivity index (χ1n) is 17.2. The van der Waals surface area contributed by atoms with Gasteiger partial charge in [0.05, 0.1) is 11.6 Å². The van der Waals surface area contributed by atoms with E-state index in [-0.39, 0.29) is 41.8 Å². The van der Waals surface area contributed by atoms with Crippen LogP contribution in [0, 0.1) is 11.8 Å². The normalized spacial score (nSPS) is 16.3. The summed E-state index contributed by atoms with van der Waals surface area (Å²) in [6, 6.07) is 33.9. The Morgan fingerprint density at radius 2 is 1.30 bits per heavy atom. The molecule has 8 nitrogen and oxygen atoms in total. The summed E-state index contributed by atoms with van der Waals surface area (Å²) in [6.45, 7) is 1.48. The van der Waals surface area contributed by atoms with Gasteiger partial charge in [-0.3, -0.25) is 9.59 Å². The van der Waals surface area contributed by atoms with Gasteiger partial charge in [0.1, 0.15) is 6.04 Å². The lowest BCUT2D eigenvalue weighted by Crippen LogP contribution is -2.43. The molecule has 2 amide bonds. The lowest BCUT2D eigenvalue weighted by Gasteiger charge is -2.31. The third kappa shape index (κ3) is 10.4. The third-order valence-electron chi connectivity index (χ3n) is 9.50. The lowest BCUT2D eigenvalue weighted by atomic mass is 9.78. The fourth-order valence-electron chi connectivity index (χ4n) is 7.16. The van der Waals surface area contributed by atoms with Crippen molar-refractivity contribution in [2.45, 2.75) is 50.6 Å². The number of hydrogen-bond acceptors (Lipinski definition) is 4. The second-order valence-corrected chi connectivity index (χ2v) is 13.6. The summed E-state index contributed by atoms with van der Waals surface area (Å²) in [5.41, 5.74) is 16.8. The Morgan fingerprint density at radius 3 is 1.84 bits per heavy atom. The van der Waals surface area contributed by atoms with E-state index in [0.29, 0.717) is 29.6 Å². The molecule has 5 N–H and O–H groups in total. The molecular formula is C41H51IN6O2. The van der Waals surface area contributed by atoms with Crippen LogP contribution < -0.4 is 16.8 Å². The Hall–Kier alpha value is -4.22. The Labute approximate surface area is 314 Å². The van der Waals surface area contributed by atoms with E-state index in [4.69, 9.17) is 11.5 Å². The first-order valence-corrected chi connectivity index (χ1v) is 17.2. The number of nitrogens with two attached hydrogens (primary N) is 2. The SMILES string of the molecule is CN(C)CC1CCC(Cc2cccc(C(NC(=O)C(c3ccccc3)c3ccccc3)C(=O)N(C)Cc3ccccc3)c2N=C(N)N)CC1.I. The summed E-state index contributed by atoms with van der Waals surface area (Å²) < 4.78 is 0. The van der Waals surface area contributed by atoms with Gasteiger partial charge in [-0.15, -0.1) is 24.0 Å². The standard InChI is InChI=1S/C41H50N6O2.HI/c1-46(2)27-31-24-22-29(23-25-31)26-34-20-13-21-35(37(34)45-41(42)43)38(40(49)47(3)28-30-14-7-4-8-15-30)44-39(48)36(32-16-9-5-10-17-32)33-18-11-6-12-19-33;/h4-21,29,31,36,38H,22-28H2,1-3H3,(H,44,48)(H4,42,43,45);1H. The summed E-state index contributed by atoms with van der Waals surface area (Å²) in [5.74, 6) is -0.0928. The summed E-state index contributed by atoms with van der Waals surface area (Å²) in [4.78, 5) is 37.6. The van der Waals surface area contributed by atoms with Gasteiger partial charge in [0.2, 0.25) is 11.8 Å². The quantitative estimate of drug-likeness (QED) is 0.0787. The van der Waals surface area contributed by atoms with E-state index >= 15 is 0 Å². The predicted octanol–water partition coefficient (Wildman–Crippen LogP) is 6.77. The van der Waals surface area contributed by atoms with Gasteiger partial charge in [-0.1, -0.05) is 109 Å². The first-order chi connectivity index (χ1) is 23.7. The van der Waals surface area contributed by atoms with E-state index in [1.807, 2.05) is 109 Å². The Balaban J connectivity index is 0.00000562. The maximum Gasteiger partial charge on any atom is 0.249 e. The molecule has 0 heterocycles.